The lowest BCUT2D eigenvalue weighted by Crippen LogP contribution is -2.71. The van der Waals surface area contributed by atoms with Gasteiger partial charge in [-0.05, 0) is 102 Å². The summed E-state index contributed by atoms with van der Waals surface area (Å²) >= 11 is 0. The number of rotatable bonds is 11. The van der Waals surface area contributed by atoms with Crippen molar-refractivity contribution >= 4 is 46.7 Å². The van der Waals surface area contributed by atoms with Gasteiger partial charge in [0.05, 0.1) is 10.8 Å². The molecular weight excluding hydrogens is 817 g/mol. The molecule has 0 saturated carbocycles. The molecule has 4 aliphatic rings. The summed E-state index contributed by atoms with van der Waals surface area (Å²) in [5.74, 6) is -7.61. The van der Waals surface area contributed by atoms with Crippen molar-refractivity contribution in [3.63, 3.8) is 0 Å². The summed E-state index contributed by atoms with van der Waals surface area (Å²) in [6.07, 6.45) is 6.49. The Labute approximate surface area is 373 Å². The van der Waals surface area contributed by atoms with E-state index in [9.17, 15) is 49.2 Å². The highest BCUT2D eigenvalue weighted by molar-refractivity contribution is 6.28. The van der Waals surface area contributed by atoms with Gasteiger partial charge in [-0.3, -0.25) is 19.2 Å². The lowest BCUT2D eigenvalue weighted by atomic mass is 9.73. The van der Waals surface area contributed by atoms with E-state index < -0.39 is 34.7 Å². The van der Waals surface area contributed by atoms with Gasteiger partial charge >= 0.3 is 11.9 Å². The van der Waals surface area contributed by atoms with Crippen LogP contribution < -0.4 is 10.6 Å². The molecule has 2 saturated heterocycles. The van der Waals surface area contributed by atoms with Crippen molar-refractivity contribution in [2.45, 2.75) is 88.3 Å². The molecule has 4 aromatic carbocycles. The average molecular weight is 875 g/mol. The number of carboxylic acids is 2. The largest absolute Gasteiger partial charge is 0.479 e. The standard InChI is InChI=1S/C20H18O8.2C15H20N2O/c1-11-3-7-13(8-4-11)15(21)19(27,17(23)24)20(28,18(25)26)16(22)14-9-5-12(2)6-10-14;2*1-2-9-17-10-5-8-15(11-17)12-6-3-4-7-13(12)16-14(15)18/h3-10,27-28H,1-2H3,(H,23,24)(H,25,26);2*3-4,6-7H,2,5,8-11H2,1H3,(H,16,18)/t;2*15-/m.11/s1. The molecular formula is C50H58N4O10. The number of fused-ring (bicyclic) bond motifs is 4. The van der Waals surface area contributed by atoms with Crippen molar-refractivity contribution in [2.75, 3.05) is 49.9 Å². The second kappa shape index (κ2) is 19.4. The molecule has 338 valence electrons. The van der Waals surface area contributed by atoms with Crippen LogP contribution in [0.5, 0.6) is 0 Å². The number of anilines is 2. The maximum atomic E-state index is 12.8. The molecule has 0 aromatic heterocycles. The van der Waals surface area contributed by atoms with Crippen molar-refractivity contribution in [2.24, 2.45) is 0 Å². The Morgan fingerprint density at radius 3 is 1.25 bits per heavy atom. The number of hydrogen-bond donors (Lipinski definition) is 6. The molecule has 0 radical (unpaired) electrons. The van der Waals surface area contributed by atoms with E-state index >= 15 is 0 Å². The Morgan fingerprint density at radius 2 is 0.922 bits per heavy atom. The van der Waals surface area contributed by atoms with E-state index in [0.29, 0.717) is 11.1 Å². The molecule has 8 rings (SSSR count). The number of aliphatic carboxylic acids is 2. The maximum Gasteiger partial charge on any atom is 0.348 e. The molecule has 4 atom stereocenters. The molecule has 2 fully saturated rings. The van der Waals surface area contributed by atoms with Gasteiger partial charge in [-0.25, -0.2) is 9.59 Å². The third-order valence-electron chi connectivity index (χ3n) is 12.9. The molecule has 64 heavy (non-hydrogen) atoms. The minimum atomic E-state index is -3.96. The van der Waals surface area contributed by atoms with Gasteiger partial charge in [0.2, 0.25) is 23.4 Å². The number of amides is 2. The van der Waals surface area contributed by atoms with Gasteiger partial charge < -0.3 is 40.9 Å². The van der Waals surface area contributed by atoms with Crippen LogP contribution in [0.1, 0.15) is 95.3 Å². The number of hydrogen-bond acceptors (Lipinski definition) is 10. The summed E-state index contributed by atoms with van der Waals surface area (Å²) in [6, 6.07) is 26.7. The predicted octanol–water partition coefficient (Wildman–Crippen LogP) is 5.77. The quantitative estimate of drug-likeness (QED) is 0.0784. The van der Waals surface area contributed by atoms with Crippen LogP contribution in [0.25, 0.3) is 0 Å². The number of likely N-dealkylation sites (tertiary alicyclic amines) is 2. The molecule has 6 N–H and O–H groups in total. The van der Waals surface area contributed by atoms with Gasteiger partial charge in [0, 0.05) is 35.6 Å². The van der Waals surface area contributed by atoms with Crippen LogP contribution >= 0.6 is 0 Å². The van der Waals surface area contributed by atoms with E-state index in [1.807, 2.05) is 36.4 Å². The van der Waals surface area contributed by atoms with Crippen LogP contribution in [0.2, 0.25) is 0 Å². The Bertz CT molecular complexity index is 2230. The normalized spacial score (nSPS) is 22.0. The number of nitrogens with zero attached hydrogens (tertiary/aromatic N) is 2. The van der Waals surface area contributed by atoms with Gasteiger partial charge in [-0.15, -0.1) is 0 Å². The zero-order valence-corrected chi connectivity index (χ0v) is 36.9. The van der Waals surface area contributed by atoms with Crippen LogP contribution in [0.15, 0.2) is 97.1 Å². The van der Waals surface area contributed by atoms with Crippen molar-refractivity contribution in [3.8, 4) is 0 Å². The number of aliphatic hydroxyl groups is 2. The lowest BCUT2D eigenvalue weighted by Gasteiger charge is -2.39. The van der Waals surface area contributed by atoms with Gasteiger partial charge in [-0.2, -0.15) is 0 Å². The first-order valence-electron chi connectivity index (χ1n) is 21.9. The van der Waals surface area contributed by atoms with E-state index in [0.717, 1.165) is 113 Å². The summed E-state index contributed by atoms with van der Waals surface area (Å²) in [4.78, 5) is 78.8. The first kappa shape index (κ1) is 47.4. The van der Waals surface area contributed by atoms with E-state index in [2.05, 4.69) is 46.4 Å². The second-order valence-corrected chi connectivity index (χ2v) is 17.3. The Hall–Kier alpha value is -6.06. The van der Waals surface area contributed by atoms with Gasteiger partial charge in [-0.1, -0.05) is 110 Å². The number of carboxylic acid groups (broad SMARTS) is 2. The van der Waals surface area contributed by atoms with Crippen LogP contribution in [-0.4, -0.2) is 116 Å². The lowest BCUT2D eigenvalue weighted by molar-refractivity contribution is -0.187. The van der Waals surface area contributed by atoms with Crippen molar-refractivity contribution in [1.82, 2.24) is 9.80 Å². The van der Waals surface area contributed by atoms with Crippen LogP contribution in [0.3, 0.4) is 0 Å². The average Bonchev–Trinajstić information content (AvgIpc) is 3.70. The Morgan fingerprint density at radius 1 is 0.578 bits per heavy atom. The van der Waals surface area contributed by atoms with Crippen molar-refractivity contribution in [3.05, 3.63) is 130 Å². The molecule has 14 nitrogen and oxygen atoms in total. The van der Waals surface area contributed by atoms with E-state index in [1.165, 1.54) is 35.4 Å². The summed E-state index contributed by atoms with van der Waals surface area (Å²) in [5.41, 5.74) is -3.41. The summed E-state index contributed by atoms with van der Waals surface area (Å²) < 4.78 is 0. The number of nitrogens with one attached hydrogen (secondary N) is 2. The summed E-state index contributed by atoms with van der Waals surface area (Å²) in [7, 11) is 0. The minimum absolute atomic E-state index is 0.199. The van der Waals surface area contributed by atoms with Gasteiger partial charge in [0.1, 0.15) is 0 Å². The first-order chi connectivity index (χ1) is 30.5. The molecule has 2 amide bonds. The molecule has 2 spiro atoms. The molecule has 14 heteroatoms. The highest BCUT2D eigenvalue weighted by Crippen LogP contribution is 2.45. The second-order valence-electron chi connectivity index (χ2n) is 17.3. The molecule has 4 aliphatic heterocycles. The van der Waals surface area contributed by atoms with E-state index in [1.54, 1.807) is 13.8 Å². The zero-order valence-electron chi connectivity index (χ0n) is 36.9. The SMILES string of the molecule is CCCN1CCC[C@]2(C1)C(=O)Nc1ccccc12.CCCN1CCC[C@]2(C1)C(=O)Nc1ccccc12.Cc1ccc(C(=O)C(O)(C(=O)O)C(O)(C(=O)O)C(=O)c2ccc(C)cc2)cc1. The van der Waals surface area contributed by atoms with Gasteiger partial charge in [0.25, 0.3) is 11.2 Å². The fraction of sp³-hybridized carbons (Fsp3) is 0.400. The highest BCUT2D eigenvalue weighted by atomic mass is 16.5. The smallest absolute Gasteiger partial charge is 0.348 e. The van der Waals surface area contributed by atoms with Crippen LogP contribution in [0, 0.1) is 13.8 Å². The monoisotopic (exact) mass is 874 g/mol. The fourth-order valence-corrected chi connectivity index (χ4v) is 9.52. The topological polar surface area (TPSA) is 214 Å². The maximum absolute atomic E-state index is 12.8. The number of aryl methyl sites for hydroxylation is 2. The number of carbonyl (C=O) groups is 6. The summed E-state index contributed by atoms with van der Waals surface area (Å²) in [6.45, 7) is 14.0. The zero-order chi connectivity index (χ0) is 46.5. The number of carbonyl (C=O) groups excluding carboxylic acids is 4. The number of Topliss-reactive ketones (excluding diaryl/α,β-unsaturated/α-hetero) is 2. The van der Waals surface area contributed by atoms with Crippen molar-refractivity contribution in [1.29, 1.82) is 0 Å². The fourth-order valence-electron chi connectivity index (χ4n) is 9.52. The molecule has 0 aliphatic carbocycles. The number of para-hydroxylation sites is 2. The number of piperidine rings is 2. The minimum Gasteiger partial charge on any atom is -0.479 e. The van der Waals surface area contributed by atoms with E-state index in [4.69, 9.17) is 0 Å². The predicted molar refractivity (Wildman–Crippen MR) is 242 cm³/mol. The molecule has 4 heterocycles. The molecule has 0 bridgehead atoms. The molecule has 2 unspecified atom stereocenters. The van der Waals surface area contributed by atoms with Crippen molar-refractivity contribution < 1.29 is 49.2 Å². The first-order valence-corrected chi connectivity index (χ1v) is 21.9. The molecule has 4 aromatic rings. The van der Waals surface area contributed by atoms with Crippen LogP contribution in [0.4, 0.5) is 11.4 Å². The number of ketones is 2. The Kier molecular flexibility index (Phi) is 14.3. The van der Waals surface area contributed by atoms with Crippen LogP contribution in [-0.2, 0) is 30.0 Å². The number of benzene rings is 4. The van der Waals surface area contributed by atoms with E-state index in [-0.39, 0.29) is 33.8 Å². The summed E-state index contributed by atoms with van der Waals surface area (Å²) in [5, 5.41) is 46.4. The van der Waals surface area contributed by atoms with Gasteiger partial charge in [0.15, 0.2) is 0 Å². The third-order valence-corrected chi connectivity index (χ3v) is 12.9. The third kappa shape index (κ3) is 8.75. The Balaban J connectivity index is 0.000000165. The highest BCUT2D eigenvalue weighted by Gasteiger charge is 2.70.